The number of rotatable bonds is 5. The summed E-state index contributed by atoms with van der Waals surface area (Å²) in [4.78, 5) is 25.9. The highest BCUT2D eigenvalue weighted by Gasteiger charge is 2.34. The Morgan fingerprint density at radius 2 is 1.92 bits per heavy atom. The minimum atomic E-state index is -0.643. The zero-order valence-corrected chi connectivity index (χ0v) is 13.7. The maximum absolute atomic E-state index is 12.9. The first-order valence-electron chi connectivity index (χ1n) is 7.81. The minimum Gasteiger partial charge on any atom is -0.497 e. The van der Waals surface area contributed by atoms with Gasteiger partial charge in [0.15, 0.2) is 0 Å². The van der Waals surface area contributed by atoms with E-state index in [2.05, 4.69) is 10.6 Å². The minimum absolute atomic E-state index is 0.237. The number of hydrogen-bond acceptors (Lipinski definition) is 3. The molecule has 130 valence electrons. The van der Waals surface area contributed by atoms with Crippen LogP contribution in [0.5, 0.6) is 5.75 Å². The van der Waals surface area contributed by atoms with E-state index >= 15 is 0 Å². The maximum Gasteiger partial charge on any atom is 0.322 e. The Bertz CT molecular complexity index is 762. The Kier molecular flexibility index (Phi) is 4.83. The quantitative estimate of drug-likeness (QED) is 0.873. The molecule has 3 amide bonds. The van der Waals surface area contributed by atoms with Crippen molar-refractivity contribution in [1.29, 1.82) is 0 Å². The number of benzene rings is 2. The van der Waals surface area contributed by atoms with Crippen molar-refractivity contribution >= 4 is 17.6 Å². The molecule has 0 aromatic heterocycles. The number of carbonyl (C=O) groups excluding carboxylic acids is 2. The molecule has 0 radical (unpaired) electrons. The standard InChI is InChI=1S/C18H18FN3O3/c1-25-15-8-6-14(7-9-15)22-11-16(21-18(22)24)17(23)20-10-12-2-4-13(19)5-3-12/h2-9,16H,10-11H2,1H3,(H,20,23)(H,21,24). The predicted molar refractivity (Wildman–Crippen MR) is 90.9 cm³/mol. The lowest BCUT2D eigenvalue weighted by molar-refractivity contribution is -0.122. The van der Waals surface area contributed by atoms with Gasteiger partial charge in [-0.1, -0.05) is 12.1 Å². The summed E-state index contributed by atoms with van der Waals surface area (Å²) in [6, 6.07) is 11.9. The predicted octanol–water partition coefficient (Wildman–Crippen LogP) is 2.05. The summed E-state index contributed by atoms with van der Waals surface area (Å²) < 4.78 is 18.0. The van der Waals surface area contributed by atoms with Gasteiger partial charge in [-0.25, -0.2) is 9.18 Å². The largest absolute Gasteiger partial charge is 0.497 e. The first kappa shape index (κ1) is 16.8. The summed E-state index contributed by atoms with van der Waals surface area (Å²) in [5.41, 5.74) is 1.47. The first-order chi connectivity index (χ1) is 12.1. The zero-order chi connectivity index (χ0) is 17.8. The molecule has 3 rings (SSSR count). The molecule has 1 saturated heterocycles. The van der Waals surface area contributed by atoms with Crippen LogP contribution in [0.3, 0.4) is 0 Å². The monoisotopic (exact) mass is 343 g/mol. The molecule has 0 bridgehead atoms. The van der Waals surface area contributed by atoms with E-state index in [1.807, 2.05) is 0 Å². The van der Waals surface area contributed by atoms with Crippen LogP contribution in [0.25, 0.3) is 0 Å². The summed E-state index contributed by atoms with van der Waals surface area (Å²) in [5.74, 6) is 0.0823. The fraction of sp³-hybridized carbons (Fsp3) is 0.222. The molecule has 0 saturated carbocycles. The van der Waals surface area contributed by atoms with Crippen LogP contribution in [0.1, 0.15) is 5.56 Å². The molecule has 0 spiro atoms. The normalized spacial score (nSPS) is 16.5. The third kappa shape index (κ3) is 3.88. The van der Waals surface area contributed by atoms with E-state index in [4.69, 9.17) is 4.74 Å². The van der Waals surface area contributed by atoms with Gasteiger partial charge in [0.25, 0.3) is 0 Å². The summed E-state index contributed by atoms with van der Waals surface area (Å²) in [6.07, 6.45) is 0. The zero-order valence-electron chi connectivity index (χ0n) is 13.7. The highest BCUT2D eigenvalue weighted by atomic mass is 19.1. The van der Waals surface area contributed by atoms with Crippen molar-refractivity contribution in [2.45, 2.75) is 12.6 Å². The second-order valence-corrected chi connectivity index (χ2v) is 5.65. The topological polar surface area (TPSA) is 70.7 Å². The molecule has 1 atom stereocenters. The second kappa shape index (κ2) is 7.21. The van der Waals surface area contributed by atoms with Gasteiger partial charge in [0.2, 0.25) is 5.91 Å². The summed E-state index contributed by atoms with van der Waals surface area (Å²) in [7, 11) is 1.57. The van der Waals surface area contributed by atoms with Crippen molar-refractivity contribution in [2.24, 2.45) is 0 Å². The number of hydrogen-bond donors (Lipinski definition) is 2. The van der Waals surface area contributed by atoms with E-state index in [0.29, 0.717) is 11.4 Å². The maximum atomic E-state index is 12.9. The number of carbonyl (C=O) groups is 2. The van der Waals surface area contributed by atoms with Crippen LogP contribution in [0, 0.1) is 5.82 Å². The lowest BCUT2D eigenvalue weighted by atomic mass is 10.2. The number of nitrogens with one attached hydrogen (secondary N) is 2. The highest BCUT2D eigenvalue weighted by Crippen LogP contribution is 2.21. The van der Waals surface area contributed by atoms with Crippen molar-refractivity contribution in [1.82, 2.24) is 10.6 Å². The van der Waals surface area contributed by atoms with E-state index < -0.39 is 6.04 Å². The molecule has 1 aliphatic rings. The van der Waals surface area contributed by atoms with E-state index in [1.165, 1.54) is 17.0 Å². The fourth-order valence-electron chi connectivity index (χ4n) is 2.59. The summed E-state index contributed by atoms with van der Waals surface area (Å²) in [6.45, 7) is 0.508. The number of urea groups is 1. The van der Waals surface area contributed by atoms with Gasteiger partial charge in [-0.2, -0.15) is 0 Å². The Morgan fingerprint density at radius 3 is 2.56 bits per heavy atom. The lowest BCUT2D eigenvalue weighted by Crippen LogP contribution is -2.42. The van der Waals surface area contributed by atoms with Gasteiger partial charge >= 0.3 is 6.03 Å². The molecular formula is C18H18FN3O3. The second-order valence-electron chi connectivity index (χ2n) is 5.65. The number of ether oxygens (including phenoxy) is 1. The molecule has 1 aliphatic heterocycles. The number of amides is 3. The average Bonchev–Trinajstić information content (AvgIpc) is 3.03. The molecular weight excluding hydrogens is 325 g/mol. The summed E-state index contributed by atoms with van der Waals surface area (Å²) in [5, 5.41) is 5.41. The molecule has 2 aromatic rings. The molecule has 7 heteroatoms. The van der Waals surface area contributed by atoms with Gasteiger partial charge in [0.05, 0.1) is 13.7 Å². The fourth-order valence-corrected chi connectivity index (χ4v) is 2.59. The van der Waals surface area contributed by atoms with Crippen LogP contribution in [0.2, 0.25) is 0 Å². The number of halogens is 1. The van der Waals surface area contributed by atoms with Gasteiger partial charge < -0.3 is 15.4 Å². The van der Waals surface area contributed by atoms with Gasteiger partial charge in [0.1, 0.15) is 17.6 Å². The molecule has 1 heterocycles. The third-order valence-corrected chi connectivity index (χ3v) is 3.99. The third-order valence-electron chi connectivity index (χ3n) is 3.99. The molecule has 2 N–H and O–H groups in total. The SMILES string of the molecule is COc1ccc(N2CC(C(=O)NCc3ccc(F)cc3)NC2=O)cc1. The van der Waals surface area contributed by atoms with Crippen LogP contribution in [-0.2, 0) is 11.3 Å². The lowest BCUT2D eigenvalue weighted by Gasteiger charge is -2.15. The van der Waals surface area contributed by atoms with Crippen molar-refractivity contribution in [2.75, 3.05) is 18.6 Å². The first-order valence-corrected chi connectivity index (χ1v) is 7.81. The Morgan fingerprint density at radius 1 is 1.24 bits per heavy atom. The Labute approximate surface area is 144 Å². The smallest absolute Gasteiger partial charge is 0.322 e. The van der Waals surface area contributed by atoms with Crippen LogP contribution in [0.15, 0.2) is 48.5 Å². The van der Waals surface area contributed by atoms with E-state index in [0.717, 1.165) is 5.56 Å². The molecule has 2 aromatic carbocycles. The van der Waals surface area contributed by atoms with Crippen LogP contribution >= 0.6 is 0 Å². The number of methoxy groups -OCH3 is 1. The Hall–Kier alpha value is -3.09. The van der Waals surface area contributed by atoms with Crippen molar-refractivity contribution < 1.29 is 18.7 Å². The van der Waals surface area contributed by atoms with Gasteiger partial charge in [-0.15, -0.1) is 0 Å². The Balaban J connectivity index is 1.59. The molecule has 1 unspecified atom stereocenters. The molecule has 6 nitrogen and oxygen atoms in total. The van der Waals surface area contributed by atoms with E-state index in [9.17, 15) is 14.0 Å². The van der Waals surface area contributed by atoms with Gasteiger partial charge in [-0.05, 0) is 42.0 Å². The van der Waals surface area contributed by atoms with Crippen molar-refractivity contribution in [3.63, 3.8) is 0 Å². The molecule has 0 aliphatic carbocycles. The molecule has 25 heavy (non-hydrogen) atoms. The van der Waals surface area contributed by atoms with Crippen LogP contribution in [-0.4, -0.2) is 31.6 Å². The molecule has 1 fully saturated rings. The number of anilines is 1. The van der Waals surface area contributed by atoms with E-state index in [-0.39, 0.29) is 30.8 Å². The van der Waals surface area contributed by atoms with Crippen LogP contribution < -0.4 is 20.3 Å². The summed E-state index contributed by atoms with van der Waals surface area (Å²) >= 11 is 0. The highest BCUT2D eigenvalue weighted by molar-refractivity contribution is 6.00. The van der Waals surface area contributed by atoms with Gasteiger partial charge in [-0.3, -0.25) is 9.69 Å². The van der Waals surface area contributed by atoms with E-state index in [1.54, 1.807) is 43.5 Å². The van der Waals surface area contributed by atoms with Crippen LogP contribution in [0.4, 0.5) is 14.9 Å². The van der Waals surface area contributed by atoms with Crippen molar-refractivity contribution in [3.05, 3.63) is 59.9 Å². The van der Waals surface area contributed by atoms with Gasteiger partial charge in [0, 0.05) is 12.2 Å². The number of nitrogens with zero attached hydrogens (tertiary/aromatic N) is 1. The van der Waals surface area contributed by atoms with Crippen molar-refractivity contribution in [3.8, 4) is 5.75 Å². The average molecular weight is 343 g/mol.